The molecule has 0 aromatic heterocycles. The first-order chi connectivity index (χ1) is 10.5. The zero-order valence-electron chi connectivity index (χ0n) is 12.6. The Balaban J connectivity index is 0.00000264. The Kier molecular flexibility index (Phi) is 7.52. The lowest BCUT2D eigenvalue weighted by molar-refractivity contribution is -0.151. The van der Waals surface area contributed by atoms with Crippen LogP contribution in [0.4, 0.5) is 0 Å². The van der Waals surface area contributed by atoms with Gasteiger partial charge in [0.25, 0.3) is 0 Å². The van der Waals surface area contributed by atoms with Crippen LogP contribution in [0.3, 0.4) is 0 Å². The highest BCUT2D eigenvalue weighted by molar-refractivity contribution is 6.30. The topological polar surface area (TPSA) is 72.5 Å². The Bertz CT molecular complexity index is 647. The fourth-order valence-corrected chi connectivity index (χ4v) is 2.37. The second-order valence-corrected chi connectivity index (χ2v) is 5.48. The lowest BCUT2D eigenvalue weighted by Gasteiger charge is -2.16. The number of methoxy groups -OCH3 is 1. The molecule has 4 nitrogen and oxygen atoms in total. The maximum Gasteiger partial charge on any atom is 0.336 e. The van der Waals surface area contributed by atoms with Crippen molar-refractivity contribution >= 4 is 30.0 Å². The normalized spacial score (nSPS) is 12.9. The number of hydrogen-bond donors (Lipinski definition) is 2. The van der Waals surface area contributed by atoms with E-state index in [4.69, 9.17) is 17.3 Å². The summed E-state index contributed by atoms with van der Waals surface area (Å²) < 4.78 is 4.48. The number of aliphatic hydroxyl groups is 1. The summed E-state index contributed by atoms with van der Waals surface area (Å²) in [6.07, 6.45) is -0.941. The van der Waals surface area contributed by atoms with Crippen LogP contribution < -0.4 is 5.73 Å². The zero-order valence-corrected chi connectivity index (χ0v) is 14.2. The Hall–Kier alpha value is -1.59. The molecule has 2 rings (SSSR count). The zero-order chi connectivity index (χ0) is 16.1. The third-order valence-electron chi connectivity index (χ3n) is 3.43. The van der Waals surface area contributed by atoms with Crippen molar-refractivity contribution in [1.82, 2.24) is 0 Å². The van der Waals surface area contributed by atoms with Crippen molar-refractivity contribution in [3.05, 3.63) is 59.1 Å². The fraction of sp³-hybridized carbons (Fsp3) is 0.235. The van der Waals surface area contributed by atoms with Gasteiger partial charge in [0.05, 0.1) is 7.11 Å². The quantitative estimate of drug-likeness (QED) is 0.808. The molecule has 2 aromatic carbocycles. The average molecular weight is 356 g/mol. The molecule has 0 fully saturated rings. The van der Waals surface area contributed by atoms with Gasteiger partial charge in [-0.15, -0.1) is 12.4 Å². The summed E-state index contributed by atoms with van der Waals surface area (Å²) in [5, 5.41) is 10.4. The molecule has 0 bridgehead atoms. The molecule has 2 atom stereocenters. The molecule has 2 aromatic rings. The molecule has 3 N–H and O–H groups in total. The van der Waals surface area contributed by atoms with Crippen molar-refractivity contribution in [3.63, 3.8) is 0 Å². The molecule has 0 radical (unpaired) electrons. The first-order valence-corrected chi connectivity index (χ1v) is 7.25. The van der Waals surface area contributed by atoms with Gasteiger partial charge in [0.15, 0.2) is 6.10 Å². The minimum Gasteiger partial charge on any atom is -0.467 e. The fourth-order valence-electron chi connectivity index (χ4n) is 2.18. The molecule has 0 unspecified atom stereocenters. The number of hydrogen-bond acceptors (Lipinski definition) is 4. The average Bonchev–Trinajstić information content (AvgIpc) is 2.54. The Labute approximate surface area is 146 Å². The third-order valence-corrected chi connectivity index (χ3v) is 3.67. The van der Waals surface area contributed by atoms with Gasteiger partial charge in [0.2, 0.25) is 0 Å². The molecule has 6 heteroatoms. The highest BCUT2D eigenvalue weighted by atomic mass is 35.5. The molecule has 0 spiro atoms. The standard InChI is InChI=1S/C17H18ClNO3.ClH/c1-22-17(21)16(20)15(19)9-11-5-7-12(8-6-11)13-3-2-4-14(18)10-13;/h2-8,10,15-16,20H,9,19H2,1H3;1H/t15-,16-;/m1./s1. The summed E-state index contributed by atoms with van der Waals surface area (Å²) >= 11 is 5.98. The number of aliphatic hydroxyl groups excluding tert-OH is 1. The first kappa shape index (κ1) is 19.5. The van der Waals surface area contributed by atoms with Crippen molar-refractivity contribution < 1.29 is 14.6 Å². The predicted octanol–water partition coefficient (Wildman–Crippen LogP) is 2.83. The van der Waals surface area contributed by atoms with Crippen molar-refractivity contribution in [2.75, 3.05) is 7.11 Å². The predicted molar refractivity (Wildman–Crippen MR) is 93.8 cm³/mol. The van der Waals surface area contributed by atoms with Crippen LogP contribution in [-0.4, -0.2) is 30.3 Å². The van der Waals surface area contributed by atoms with E-state index in [1.165, 1.54) is 7.11 Å². The maximum absolute atomic E-state index is 11.2. The van der Waals surface area contributed by atoms with Gasteiger partial charge < -0.3 is 15.6 Å². The van der Waals surface area contributed by atoms with Crippen LogP contribution in [0.5, 0.6) is 0 Å². The maximum atomic E-state index is 11.2. The Morgan fingerprint density at radius 3 is 2.43 bits per heavy atom. The van der Waals surface area contributed by atoms with E-state index in [0.717, 1.165) is 16.7 Å². The molecule has 0 saturated carbocycles. The number of rotatable bonds is 5. The Morgan fingerprint density at radius 1 is 1.22 bits per heavy atom. The summed E-state index contributed by atoms with van der Waals surface area (Å²) in [5.41, 5.74) is 8.82. The largest absolute Gasteiger partial charge is 0.467 e. The summed E-state index contributed by atoms with van der Waals surface area (Å²) in [4.78, 5) is 11.2. The molecule has 23 heavy (non-hydrogen) atoms. The summed E-state index contributed by atoms with van der Waals surface area (Å²) in [6, 6.07) is 14.6. The van der Waals surface area contributed by atoms with Crippen molar-refractivity contribution in [1.29, 1.82) is 0 Å². The van der Waals surface area contributed by atoms with E-state index >= 15 is 0 Å². The number of esters is 1. The molecule has 0 aliphatic carbocycles. The number of carbonyl (C=O) groups excluding carboxylic acids is 1. The van der Waals surface area contributed by atoms with Gasteiger partial charge in [-0.05, 0) is 35.2 Å². The molecule has 0 saturated heterocycles. The van der Waals surface area contributed by atoms with Crippen LogP contribution in [0.15, 0.2) is 48.5 Å². The van der Waals surface area contributed by atoms with E-state index in [1.54, 1.807) is 0 Å². The summed E-state index contributed by atoms with van der Waals surface area (Å²) in [6.45, 7) is 0. The van der Waals surface area contributed by atoms with Gasteiger partial charge in [0, 0.05) is 11.1 Å². The number of halogens is 2. The second-order valence-electron chi connectivity index (χ2n) is 5.04. The lowest BCUT2D eigenvalue weighted by atomic mass is 9.99. The molecule has 0 aliphatic heterocycles. The van der Waals surface area contributed by atoms with Crippen LogP contribution in [0.1, 0.15) is 5.56 Å². The highest BCUT2D eigenvalue weighted by Gasteiger charge is 2.23. The smallest absolute Gasteiger partial charge is 0.336 e. The Morgan fingerprint density at radius 2 is 1.87 bits per heavy atom. The summed E-state index contributed by atoms with van der Waals surface area (Å²) in [7, 11) is 1.22. The first-order valence-electron chi connectivity index (χ1n) is 6.87. The van der Waals surface area contributed by atoms with E-state index in [-0.39, 0.29) is 12.4 Å². The van der Waals surface area contributed by atoms with E-state index in [2.05, 4.69) is 4.74 Å². The van der Waals surface area contributed by atoms with Gasteiger partial charge in [-0.1, -0.05) is 48.0 Å². The molecule has 0 aliphatic rings. The van der Waals surface area contributed by atoms with Crippen LogP contribution in [0.25, 0.3) is 11.1 Å². The van der Waals surface area contributed by atoms with E-state index < -0.39 is 18.1 Å². The number of ether oxygens (including phenoxy) is 1. The molecule has 124 valence electrons. The SMILES string of the molecule is COC(=O)[C@H](O)[C@H](N)Cc1ccc(-c2cccc(Cl)c2)cc1.Cl. The van der Waals surface area contributed by atoms with Crippen molar-refractivity contribution in [2.45, 2.75) is 18.6 Å². The summed E-state index contributed by atoms with van der Waals surface area (Å²) in [5.74, 6) is -0.719. The minimum atomic E-state index is -1.32. The van der Waals surface area contributed by atoms with Gasteiger partial charge in [-0.3, -0.25) is 0 Å². The number of benzene rings is 2. The van der Waals surface area contributed by atoms with Gasteiger partial charge in [-0.2, -0.15) is 0 Å². The van der Waals surface area contributed by atoms with Crippen molar-refractivity contribution in [2.24, 2.45) is 5.73 Å². The van der Waals surface area contributed by atoms with Crippen LogP contribution in [0, 0.1) is 0 Å². The van der Waals surface area contributed by atoms with E-state index in [0.29, 0.717) is 11.4 Å². The lowest BCUT2D eigenvalue weighted by Crippen LogP contribution is -2.42. The van der Waals surface area contributed by atoms with Gasteiger partial charge in [-0.25, -0.2) is 4.79 Å². The minimum absolute atomic E-state index is 0. The van der Waals surface area contributed by atoms with Crippen molar-refractivity contribution in [3.8, 4) is 11.1 Å². The van der Waals surface area contributed by atoms with Crippen LogP contribution in [-0.2, 0) is 16.0 Å². The van der Waals surface area contributed by atoms with Crippen LogP contribution in [0.2, 0.25) is 5.02 Å². The van der Waals surface area contributed by atoms with Crippen LogP contribution >= 0.6 is 24.0 Å². The van der Waals surface area contributed by atoms with Gasteiger partial charge in [0.1, 0.15) is 0 Å². The monoisotopic (exact) mass is 355 g/mol. The second kappa shape index (κ2) is 8.89. The van der Waals surface area contributed by atoms with Gasteiger partial charge >= 0.3 is 5.97 Å². The van der Waals surface area contributed by atoms with E-state index in [9.17, 15) is 9.90 Å². The number of nitrogens with two attached hydrogens (primary N) is 1. The molecular formula is C17H19Cl2NO3. The molecular weight excluding hydrogens is 337 g/mol. The number of carbonyl (C=O) groups is 1. The molecule has 0 amide bonds. The molecule has 0 heterocycles. The third kappa shape index (κ3) is 5.22. The van der Waals surface area contributed by atoms with E-state index in [1.807, 2.05) is 48.5 Å². The highest BCUT2D eigenvalue weighted by Crippen LogP contribution is 2.23.